The van der Waals surface area contributed by atoms with Gasteiger partial charge in [-0.25, -0.2) is 0 Å². The number of piperazine rings is 1. The summed E-state index contributed by atoms with van der Waals surface area (Å²) in [5.74, 6) is 0.913. The van der Waals surface area contributed by atoms with Crippen molar-refractivity contribution in [1.82, 2.24) is 15.1 Å². The highest BCUT2D eigenvalue weighted by atomic mass is 16.2. The van der Waals surface area contributed by atoms with E-state index in [1.165, 1.54) is 0 Å². The fourth-order valence-corrected chi connectivity index (χ4v) is 2.35. The van der Waals surface area contributed by atoms with E-state index in [4.69, 9.17) is 0 Å². The zero-order valence-electron chi connectivity index (χ0n) is 14.0. The van der Waals surface area contributed by atoms with Gasteiger partial charge in [0.1, 0.15) is 0 Å². The molecular formula is C16H31N3O2. The van der Waals surface area contributed by atoms with E-state index in [2.05, 4.69) is 31.0 Å². The minimum Gasteiger partial charge on any atom is -0.353 e. The van der Waals surface area contributed by atoms with Crippen molar-refractivity contribution in [1.29, 1.82) is 0 Å². The molecule has 0 bridgehead atoms. The molecule has 1 N–H and O–H groups in total. The molecule has 1 rings (SSSR count). The predicted octanol–water partition coefficient (Wildman–Crippen LogP) is 1.48. The van der Waals surface area contributed by atoms with Gasteiger partial charge in [0.15, 0.2) is 0 Å². The fourth-order valence-electron chi connectivity index (χ4n) is 2.35. The number of carbonyl (C=O) groups is 2. The van der Waals surface area contributed by atoms with Crippen LogP contribution >= 0.6 is 0 Å². The molecule has 1 heterocycles. The Morgan fingerprint density at radius 1 is 1.10 bits per heavy atom. The van der Waals surface area contributed by atoms with Gasteiger partial charge in [-0.1, -0.05) is 20.8 Å². The van der Waals surface area contributed by atoms with Crippen LogP contribution in [0.25, 0.3) is 0 Å². The van der Waals surface area contributed by atoms with Crippen LogP contribution in [0.2, 0.25) is 0 Å². The molecule has 2 amide bonds. The van der Waals surface area contributed by atoms with Crippen molar-refractivity contribution >= 4 is 11.8 Å². The smallest absolute Gasteiger partial charge is 0.234 e. The first-order valence-corrected chi connectivity index (χ1v) is 8.21. The normalized spacial score (nSPS) is 17.9. The molecule has 0 aromatic carbocycles. The zero-order chi connectivity index (χ0) is 15.8. The highest BCUT2D eigenvalue weighted by Gasteiger charge is 2.22. The molecule has 5 nitrogen and oxygen atoms in total. The second-order valence-corrected chi connectivity index (χ2v) is 6.47. The largest absolute Gasteiger partial charge is 0.353 e. The maximum absolute atomic E-state index is 12.0. The molecule has 0 spiro atoms. The number of hydrogen-bond acceptors (Lipinski definition) is 3. The summed E-state index contributed by atoms with van der Waals surface area (Å²) in [6.45, 7) is 11.9. The van der Waals surface area contributed by atoms with Crippen molar-refractivity contribution < 1.29 is 9.59 Å². The second kappa shape index (κ2) is 9.03. The zero-order valence-corrected chi connectivity index (χ0v) is 14.0. The first-order valence-electron chi connectivity index (χ1n) is 8.21. The van der Waals surface area contributed by atoms with Crippen LogP contribution < -0.4 is 5.32 Å². The highest BCUT2D eigenvalue weighted by molar-refractivity contribution is 5.78. The van der Waals surface area contributed by atoms with Crippen molar-refractivity contribution in [3.63, 3.8) is 0 Å². The third-order valence-electron chi connectivity index (χ3n) is 4.05. The van der Waals surface area contributed by atoms with Gasteiger partial charge in [0, 0.05) is 38.6 Å². The number of hydrogen-bond donors (Lipinski definition) is 1. The minimum absolute atomic E-state index is 0.0870. The molecule has 1 aliphatic heterocycles. The van der Waals surface area contributed by atoms with Crippen LogP contribution in [0.3, 0.4) is 0 Å². The van der Waals surface area contributed by atoms with Crippen LogP contribution in [-0.4, -0.2) is 60.4 Å². The Labute approximate surface area is 129 Å². The standard InChI is InChI=1S/C16H31N3O2/c1-5-14(4)17-15(20)12-18-8-10-19(11-9-18)16(21)7-6-13(2)3/h13-14H,5-12H2,1-4H3,(H,17,20). The number of nitrogens with zero attached hydrogens (tertiary/aromatic N) is 2. The summed E-state index contributed by atoms with van der Waals surface area (Å²) in [7, 11) is 0. The second-order valence-electron chi connectivity index (χ2n) is 6.47. The number of carbonyl (C=O) groups excluding carboxylic acids is 2. The monoisotopic (exact) mass is 297 g/mol. The van der Waals surface area contributed by atoms with E-state index < -0.39 is 0 Å². The van der Waals surface area contributed by atoms with E-state index in [1.807, 2.05) is 11.8 Å². The van der Waals surface area contributed by atoms with Gasteiger partial charge in [0.05, 0.1) is 6.54 Å². The van der Waals surface area contributed by atoms with Gasteiger partial charge < -0.3 is 10.2 Å². The average molecular weight is 297 g/mol. The summed E-state index contributed by atoms with van der Waals surface area (Å²) in [5.41, 5.74) is 0. The summed E-state index contributed by atoms with van der Waals surface area (Å²) >= 11 is 0. The van der Waals surface area contributed by atoms with Gasteiger partial charge in [0.2, 0.25) is 11.8 Å². The van der Waals surface area contributed by atoms with E-state index in [9.17, 15) is 9.59 Å². The Morgan fingerprint density at radius 3 is 2.24 bits per heavy atom. The summed E-state index contributed by atoms with van der Waals surface area (Å²) in [6, 6.07) is 0.233. The summed E-state index contributed by atoms with van der Waals surface area (Å²) in [4.78, 5) is 27.9. The lowest BCUT2D eigenvalue weighted by atomic mass is 10.1. The van der Waals surface area contributed by atoms with E-state index >= 15 is 0 Å². The van der Waals surface area contributed by atoms with Crippen LogP contribution in [0.15, 0.2) is 0 Å². The Balaban J connectivity index is 2.25. The van der Waals surface area contributed by atoms with Crippen LogP contribution in [-0.2, 0) is 9.59 Å². The molecule has 0 aromatic heterocycles. The quantitative estimate of drug-likeness (QED) is 0.774. The fraction of sp³-hybridized carbons (Fsp3) is 0.875. The molecule has 0 saturated carbocycles. The van der Waals surface area contributed by atoms with Crippen molar-refractivity contribution in [2.75, 3.05) is 32.7 Å². The third kappa shape index (κ3) is 6.93. The molecule has 5 heteroatoms. The van der Waals surface area contributed by atoms with Gasteiger partial charge in [0.25, 0.3) is 0 Å². The average Bonchev–Trinajstić information content (AvgIpc) is 2.45. The predicted molar refractivity (Wildman–Crippen MR) is 85.0 cm³/mol. The van der Waals surface area contributed by atoms with E-state index in [0.29, 0.717) is 18.9 Å². The Bertz CT molecular complexity index is 336. The lowest BCUT2D eigenvalue weighted by molar-refractivity contribution is -0.133. The molecule has 21 heavy (non-hydrogen) atoms. The van der Waals surface area contributed by atoms with Crippen molar-refractivity contribution in [2.24, 2.45) is 5.92 Å². The molecule has 0 aliphatic carbocycles. The number of rotatable bonds is 7. The lowest BCUT2D eigenvalue weighted by Crippen LogP contribution is -2.51. The summed E-state index contributed by atoms with van der Waals surface area (Å²) < 4.78 is 0. The molecule has 1 saturated heterocycles. The first kappa shape index (κ1) is 18.0. The molecule has 0 radical (unpaired) electrons. The number of amides is 2. The Kier molecular flexibility index (Phi) is 7.72. The van der Waals surface area contributed by atoms with Crippen LogP contribution in [0, 0.1) is 5.92 Å². The van der Waals surface area contributed by atoms with E-state index in [0.717, 1.165) is 39.0 Å². The first-order chi connectivity index (χ1) is 9.92. The topological polar surface area (TPSA) is 52.7 Å². The van der Waals surface area contributed by atoms with Gasteiger partial charge in [-0.15, -0.1) is 0 Å². The van der Waals surface area contributed by atoms with E-state index in [-0.39, 0.29) is 17.9 Å². The minimum atomic E-state index is 0.0870. The van der Waals surface area contributed by atoms with Gasteiger partial charge >= 0.3 is 0 Å². The van der Waals surface area contributed by atoms with Crippen molar-refractivity contribution in [3.05, 3.63) is 0 Å². The lowest BCUT2D eigenvalue weighted by Gasteiger charge is -2.34. The molecule has 1 unspecified atom stereocenters. The van der Waals surface area contributed by atoms with Gasteiger partial charge in [-0.05, 0) is 25.7 Å². The maximum atomic E-state index is 12.0. The maximum Gasteiger partial charge on any atom is 0.234 e. The van der Waals surface area contributed by atoms with Gasteiger partial charge in [-0.2, -0.15) is 0 Å². The van der Waals surface area contributed by atoms with Crippen LogP contribution in [0.5, 0.6) is 0 Å². The summed E-state index contributed by atoms with van der Waals surface area (Å²) in [5, 5.41) is 2.98. The van der Waals surface area contributed by atoms with E-state index in [1.54, 1.807) is 0 Å². The van der Waals surface area contributed by atoms with Gasteiger partial charge in [-0.3, -0.25) is 14.5 Å². The molecule has 0 aromatic rings. The SMILES string of the molecule is CCC(C)NC(=O)CN1CCN(C(=O)CCC(C)C)CC1. The molecule has 1 atom stereocenters. The molecule has 1 fully saturated rings. The van der Waals surface area contributed by atoms with Crippen LogP contribution in [0.4, 0.5) is 0 Å². The molecule has 122 valence electrons. The molecule has 1 aliphatic rings. The Morgan fingerprint density at radius 2 is 1.71 bits per heavy atom. The number of nitrogens with one attached hydrogen (secondary N) is 1. The third-order valence-corrected chi connectivity index (χ3v) is 4.05. The van der Waals surface area contributed by atoms with Crippen molar-refractivity contribution in [2.45, 2.75) is 53.0 Å². The highest BCUT2D eigenvalue weighted by Crippen LogP contribution is 2.09. The van der Waals surface area contributed by atoms with Crippen molar-refractivity contribution in [3.8, 4) is 0 Å². The summed E-state index contributed by atoms with van der Waals surface area (Å²) in [6.07, 6.45) is 2.55. The molecular weight excluding hydrogens is 266 g/mol. The van der Waals surface area contributed by atoms with Crippen LogP contribution in [0.1, 0.15) is 47.0 Å². The Hall–Kier alpha value is -1.10.